The van der Waals surface area contributed by atoms with Crippen molar-refractivity contribution < 1.29 is 14.6 Å². The van der Waals surface area contributed by atoms with Gasteiger partial charge in [0.25, 0.3) is 0 Å². The summed E-state index contributed by atoms with van der Waals surface area (Å²) in [6.07, 6.45) is 1.30. The van der Waals surface area contributed by atoms with Crippen molar-refractivity contribution in [1.82, 2.24) is 15.0 Å². The Hall–Kier alpha value is -1.43. The highest BCUT2D eigenvalue weighted by Crippen LogP contribution is 1.91. The number of nitrogens with zero attached hydrogens (tertiary/aromatic N) is 3. The van der Waals surface area contributed by atoms with Gasteiger partial charge in [0, 0.05) is 7.11 Å². The third-order valence-electron chi connectivity index (χ3n) is 1.02. The summed E-state index contributed by atoms with van der Waals surface area (Å²) in [5, 5.41) is 15.3. The Balaban J connectivity index is 2.73. The summed E-state index contributed by atoms with van der Waals surface area (Å²) >= 11 is 0. The van der Waals surface area contributed by atoms with E-state index < -0.39 is 5.97 Å². The van der Waals surface area contributed by atoms with Crippen LogP contribution in [0.15, 0.2) is 6.20 Å². The fourth-order valence-electron chi connectivity index (χ4n) is 0.592. The SMILES string of the molecule is COCn1cc(C(=O)O)nn1. The average molecular weight is 157 g/mol. The summed E-state index contributed by atoms with van der Waals surface area (Å²) in [6.45, 7) is 0.209. The highest BCUT2D eigenvalue weighted by Gasteiger charge is 2.06. The van der Waals surface area contributed by atoms with Gasteiger partial charge in [-0.2, -0.15) is 0 Å². The van der Waals surface area contributed by atoms with E-state index in [9.17, 15) is 4.79 Å². The molecule has 1 N–H and O–H groups in total. The van der Waals surface area contributed by atoms with Crippen LogP contribution in [0.1, 0.15) is 10.5 Å². The van der Waals surface area contributed by atoms with E-state index in [2.05, 4.69) is 15.0 Å². The van der Waals surface area contributed by atoms with E-state index in [1.807, 2.05) is 0 Å². The third kappa shape index (κ3) is 1.74. The molecule has 1 aromatic rings. The Kier molecular flexibility index (Phi) is 2.17. The lowest BCUT2D eigenvalue weighted by molar-refractivity contribution is 0.0690. The van der Waals surface area contributed by atoms with E-state index in [0.717, 1.165) is 0 Å². The maximum Gasteiger partial charge on any atom is 0.358 e. The molecule has 0 aliphatic rings. The number of aromatic carboxylic acids is 1. The quantitative estimate of drug-likeness (QED) is 0.644. The van der Waals surface area contributed by atoms with Crippen molar-refractivity contribution in [1.29, 1.82) is 0 Å². The molecule has 0 aromatic carbocycles. The lowest BCUT2D eigenvalue weighted by Gasteiger charge is -1.93. The van der Waals surface area contributed by atoms with Crippen molar-refractivity contribution in [2.24, 2.45) is 0 Å². The lowest BCUT2D eigenvalue weighted by atomic mass is 10.5. The predicted octanol–water partition coefficient (Wildman–Crippen LogP) is -0.420. The summed E-state index contributed by atoms with van der Waals surface area (Å²) in [4.78, 5) is 10.3. The Morgan fingerprint density at radius 3 is 3.09 bits per heavy atom. The molecule has 11 heavy (non-hydrogen) atoms. The van der Waals surface area contributed by atoms with Gasteiger partial charge in [-0.3, -0.25) is 0 Å². The zero-order valence-electron chi connectivity index (χ0n) is 5.89. The first-order valence-electron chi connectivity index (χ1n) is 2.86. The number of rotatable bonds is 3. The molecule has 0 unspecified atom stereocenters. The third-order valence-corrected chi connectivity index (χ3v) is 1.02. The molecule has 1 rings (SSSR count). The van der Waals surface area contributed by atoms with Crippen molar-refractivity contribution >= 4 is 5.97 Å². The van der Waals surface area contributed by atoms with Crippen LogP contribution in [0.25, 0.3) is 0 Å². The van der Waals surface area contributed by atoms with Crippen LogP contribution in [-0.4, -0.2) is 33.2 Å². The van der Waals surface area contributed by atoms with Gasteiger partial charge in [0.15, 0.2) is 5.69 Å². The molecule has 1 heterocycles. The fraction of sp³-hybridized carbons (Fsp3) is 0.400. The smallest absolute Gasteiger partial charge is 0.358 e. The molecule has 0 radical (unpaired) electrons. The van der Waals surface area contributed by atoms with E-state index in [4.69, 9.17) is 5.11 Å². The van der Waals surface area contributed by atoms with E-state index in [-0.39, 0.29) is 12.4 Å². The molecule has 60 valence electrons. The van der Waals surface area contributed by atoms with Crippen molar-refractivity contribution in [2.45, 2.75) is 6.73 Å². The average Bonchev–Trinajstić information content (AvgIpc) is 2.37. The molecule has 0 aliphatic carbocycles. The molecule has 1 aromatic heterocycles. The Morgan fingerprint density at radius 1 is 1.91 bits per heavy atom. The van der Waals surface area contributed by atoms with Gasteiger partial charge >= 0.3 is 5.97 Å². The number of ether oxygens (including phenoxy) is 1. The van der Waals surface area contributed by atoms with Crippen molar-refractivity contribution in [3.05, 3.63) is 11.9 Å². The maximum absolute atomic E-state index is 10.3. The normalized spacial score (nSPS) is 9.91. The molecule has 0 spiro atoms. The number of carboxylic acid groups (broad SMARTS) is 1. The van der Waals surface area contributed by atoms with E-state index >= 15 is 0 Å². The maximum atomic E-state index is 10.3. The number of methoxy groups -OCH3 is 1. The van der Waals surface area contributed by atoms with Crippen LogP contribution in [0.5, 0.6) is 0 Å². The first-order chi connectivity index (χ1) is 5.24. The topological polar surface area (TPSA) is 77.2 Å². The molecule has 0 atom stereocenters. The minimum Gasteiger partial charge on any atom is -0.476 e. The predicted molar refractivity (Wildman–Crippen MR) is 34.0 cm³/mol. The Labute approximate surface area is 62.4 Å². The first-order valence-corrected chi connectivity index (χ1v) is 2.86. The summed E-state index contributed by atoms with van der Waals surface area (Å²) in [5.41, 5.74) is -0.0814. The number of hydrogen-bond acceptors (Lipinski definition) is 4. The van der Waals surface area contributed by atoms with Gasteiger partial charge in [-0.15, -0.1) is 5.10 Å². The fourth-order valence-corrected chi connectivity index (χ4v) is 0.592. The molecular formula is C5H7N3O3. The molecule has 0 saturated carbocycles. The Morgan fingerprint density at radius 2 is 2.64 bits per heavy atom. The molecule has 6 nitrogen and oxygen atoms in total. The molecule has 6 heteroatoms. The second-order valence-electron chi connectivity index (χ2n) is 1.87. The van der Waals surface area contributed by atoms with Gasteiger partial charge in [0.05, 0.1) is 6.20 Å². The number of aromatic nitrogens is 3. The second-order valence-corrected chi connectivity index (χ2v) is 1.87. The monoisotopic (exact) mass is 157 g/mol. The summed E-state index contributed by atoms with van der Waals surface area (Å²) in [7, 11) is 1.49. The molecule has 0 fully saturated rings. The van der Waals surface area contributed by atoms with Crippen LogP contribution >= 0.6 is 0 Å². The summed E-state index contributed by atoms with van der Waals surface area (Å²) < 4.78 is 5.98. The minimum absolute atomic E-state index is 0.0814. The van der Waals surface area contributed by atoms with Gasteiger partial charge in [0.1, 0.15) is 6.73 Å². The van der Waals surface area contributed by atoms with E-state index in [0.29, 0.717) is 0 Å². The van der Waals surface area contributed by atoms with Crippen LogP contribution in [0.3, 0.4) is 0 Å². The number of carboxylic acids is 1. The second kappa shape index (κ2) is 3.11. The van der Waals surface area contributed by atoms with Crippen LogP contribution in [0.4, 0.5) is 0 Å². The van der Waals surface area contributed by atoms with Crippen LogP contribution in [0, 0.1) is 0 Å². The largest absolute Gasteiger partial charge is 0.476 e. The van der Waals surface area contributed by atoms with Crippen molar-refractivity contribution in [3.63, 3.8) is 0 Å². The molecule has 0 aliphatic heterocycles. The van der Waals surface area contributed by atoms with Gasteiger partial charge in [-0.25, -0.2) is 9.48 Å². The molecule has 0 saturated heterocycles. The van der Waals surface area contributed by atoms with Crippen molar-refractivity contribution in [2.75, 3.05) is 7.11 Å². The zero-order valence-corrected chi connectivity index (χ0v) is 5.89. The van der Waals surface area contributed by atoms with E-state index in [1.54, 1.807) is 0 Å². The standard InChI is InChI=1S/C5H7N3O3/c1-11-3-8-2-4(5(9)10)6-7-8/h2H,3H2,1H3,(H,9,10). The molecule has 0 amide bonds. The highest BCUT2D eigenvalue weighted by atomic mass is 16.5. The highest BCUT2D eigenvalue weighted by molar-refractivity contribution is 5.84. The summed E-state index contributed by atoms with van der Waals surface area (Å²) in [5.74, 6) is -1.09. The number of hydrogen-bond donors (Lipinski definition) is 1. The zero-order chi connectivity index (χ0) is 8.27. The summed E-state index contributed by atoms with van der Waals surface area (Å²) in [6, 6.07) is 0. The van der Waals surface area contributed by atoms with Gasteiger partial charge in [-0.05, 0) is 0 Å². The first kappa shape index (κ1) is 7.67. The molecular weight excluding hydrogens is 150 g/mol. The van der Waals surface area contributed by atoms with Gasteiger partial charge in [0.2, 0.25) is 0 Å². The van der Waals surface area contributed by atoms with Gasteiger partial charge < -0.3 is 9.84 Å². The Bertz CT molecular complexity index is 257. The minimum atomic E-state index is -1.09. The van der Waals surface area contributed by atoms with Crippen LogP contribution < -0.4 is 0 Å². The molecule has 0 bridgehead atoms. The van der Waals surface area contributed by atoms with Crippen molar-refractivity contribution in [3.8, 4) is 0 Å². The van der Waals surface area contributed by atoms with E-state index in [1.165, 1.54) is 18.0 Å². The van der Waals surface area contributed by atoms with Crippen LogP contribution in [0.2, 0.25) is 0 Å². The van der Waals surface area contributed by atoms with Gasteiger partial charge in [-0.1, -0.05) is 5.21 Å². The number of carbonyl (C=O) groups is 1. The lowest BCUT2D eigenvalue weighted by Crippen LogP contribution is -2.00. The van der Waals surface area contributed by atoms with Crippen LogP contribution in [-0.2, 0) is 11.5 Å².